The van der Waals surface area contributed by atoms with Crippen molar-refractivity contribution in [1.29, 1.82) is 0 Å². The van der Waals surface area contributed by atoms with E-state index in [9.17, 15) is 14.4 Å². The summed E-state index contributed by atoms with van der Waals surface area (Å²) in [4.78, 5) is 42.9. The van der Waals surface area contributed by atoms with Crippen LogP contribution in [0.25, 0.3) is 0 Å². The topological polar surface area (TPSA) is 79.4 Å². The van der Waals surface area contributed by atoms with Gasteiger partial charge < -0.3 is 5.32 Å². The first kappa shape index (κ1) is 17.6. The Bertz CT molecular complexity index is 836. The standard InChI is InChI=1S/C17H16ClN3O3S/c1-9(2)7-13(15(23)20-17-19-5-6-25-17)21-12-8-10(18)3-4-11(12)14(22)16(21)24/h3-6,8-9,13H,7H2,1-2H3,(H,19,20,23). The third-order valence-corrected chi connectivity index (χ3v) is 4.77. The Morgan fingerprint density at radius 2 is 2.12 bits per heavy atom. The Hall–Kier alpha value is -2.25. The smallest absolute Gasteiger partial charge is 0.300 e. The number of nitrogens with one attached hydrogen (secondary N) is 1. The molecule has 2 aromatic rings. The minimum atomic E-state index is -0.819. The van der Waals surface area contributed by atoms with Crippen molar-refractivity contribution < 1.29 is 14.4 Å². The van der Waals surface area contributed by atoms with Crippen LogP contribution in [-0.2, 0) is 9.59 Å². The van der Waals surface area contributed by atoms with Gasteiger partial charge in [0.2, 0.25) is 5.91 Å². The van der Waals surface area contributed by atoms with Crippen LogP contribution in [0.5, 0.6) is 0 Å². The van der Waals surface area contributed by atoms with Crippen LogP contribution < -0.4 is 10.2 Å². The number of Topliss-reactive ketones (excluding diaryl/α,β-unsaturated/α-hetero) is 1. The first-order chi connectivity index (χ1) is 11.9. The quantitative estimate of drug-likeness (QED) is 0.810. The van der Waals surface area contributed by atoms with Crippen LogP contribution in [0.4, 0.5) is 10.8 Å². The summed E-state index contributed by atoms with van der Waals surface area (Å²) in [5.41, 5.74) is 0.646. The van der Waals surface area contributed by atoms with Gasteiger partial charge in [0.25, 0.3) is 11.7 Å². The fraction of sp³-hybridized carbons (Fsp3) is 0.294. The summed E-state index contributed by atoms with van der Waals surface area (Å²) in [7, 11) is 0. The number of fused-ring (bicyclic) bond motifs is 1. The SMILES string of the molecule is CC(C)CC(C(=O)Nc1nccs1)N1C(=O)C(=O)c2ccc(Cl)cc21. The number of carbonyl (C=O) groups excluding carboxylic acids is 3. The monoisotopic (exact) mass is 377 g/mol. The van der Waals surface area contributed by atoms with E-state index < -0.39 is 17.7 Å². The lowest BCUT2D eigenvalue weighted by molar-refractivity contribution is -0.121. The molecule has 1 aliphatic heterocycles. The molecule has 1 aromatic carbocycles. The number of ketones is 1. The Morgan fingerprint density at radius 3 is 2.76 bits per heavy atom. The van der Waals surface area contributed by atoms with Crippen molar-refractivity contribution in [2.24, 2.45) is 5.92 Å². The molecular formula is C17H16ClN3O3S. The molecule has 2 heterocycles. The van der Waals surface area contributed by atoms with Gasteiger partial charge in [-0.05, 0) is 30.5 Å². The second kappa shape index (κ2) is 6.93. The van der Waals surface area contributed by atoms with Gasteiger partial charge >= 0.3 is 0 Å². The summed E-state index contributed by atoms with van der Waals surface area (Å²) < 4.78 is 0. The maximum atomic E-state index is 12.8. The number of halogens is 1. The van der Waals surface area contributed by atoms with Crippen molar-refractivity contribution in [3.8, 4) is 0 Å². The zero-order valence-electron chi connectivity index (χ0n) is 13.7. The summed E-state index contributed by atoms with van der Waals surface area (Å²) in [5.74, 6) is -1.57. The van der Waals surface area contributed by atoms with Gasteiger partial charge in [0.15, 0.2) is 5.13 Å². The molecule has 0 fully saturated rings. The number of hydrogen-bond acceptors (Lipinski definition) is 5. The van der Waals surface area contributed by atoms with E-state index >= 15 is 0 Å². The molecule has 2 amide bonds. The van der Waals surface area contributed by atoms with E-state index in [0.29, 0.717) is 22.3 Å². The fourth-order valence-electron chi connectivity index (χ4n) is 2.79. The normalized spacial score (nSPS) is 14.8. The number of benzene rings is 1. The van der Waals surface area contributed by atoms with E-state index in [1.54, 1.807) is 23.7 Å². The lowest BCUT2D eigenvalue weighted by Crippen LogP contribution is -2.47. The number of amides is 2. The van der Waals surface area contributed by atoms with E-state index in [-0.39, 0.29) is 17.4 Å². The predicted molar refractivity (Wildman–Crippen MR) is 97.3 cm³/mol. The van der Waals surface area contributed by atoms with Crippen molar-refractivity contribution in [3.05, 3.63) is 40.4 Å². The largest absolute Gasteiger partial charge is 0.300 e. The van der Waals surface area contributed by atoms with E-state index in [1.807, 2.05) is 13.8 Å². The Balaban J connectivity index is 1.99. The van der Waals surface area contributed by atoms with Crippen LogP contribution in [0.15, 0.2) is 29.8 Å². The molecule has 3 rings (SSSR count). The molecule has 130 valence electrons. The van der Waals surface area contributed by atoms with Crippen molar-refractivity contribution >= 4 is 51.4 Å². The van der Waals surface area contributed by atoms with Gasteiger partial charge in [0, 0.05) is 16.6 Å². The molecule has 1 atom stereocenters. The number of nitrogens with zero attached hydrogens (tertiary/aromatic N) is 2. The molecular weight excluding hydrogens is 362 g/mol. The third kappa shape index (κ3) is 3.43. The zero-order valence-corrected chi connectivity index (χ0v) is 15.2. The number of thiazole rings is 1. The van der Waals surface area contributed by atoms with Gasteiger partial charge in [-0.2, -0.15) is 0 Å². The summed E-state index contributed by atoms with van der Waals surface area (Å²) in [6.45, 7) is 3.90. The lowest BCUT2D eigenvalue weighted by atomic mass is 10.0. The van der Waals surface area contributed by atoms with Crippen LogP contribution in [0.1, 0.15) is 30.6 Å². The minimum absolute atomic E-state index is 0.137. The average molecular weight is 378 g/mol. The van der Waals surface area contributed by atoms with E-state index in [1.165, 1.54) is 22.3 Å². The first-order valence-corrected chi connectivity index (χ1v) is 9.02. The van der Waals surface area contributed by atoms with Crippen molar-refractivity contribution in [1.82, 2.24) is 4.98 Å². The second-order valence-corrected chi connectivity index (χ2v) is 7.47. The van der Waals surface area contributed by atoms with Crippen LogP contribution in [0, 0.1) is 5.92 Å². The van der Waals surface area contributed by atoms with Crippen LogP contribution in [-0.4, -0.2) is 28.6 Å². The summed E-state index contributed by atoms with van der Waals surface area (Å²) in [6, 6.07) is 3.80. The number of carbonyl (C=O) groups is 3. The van der Waals surface area contributed by atoms with Crippen LogP contribution in [0.2, 0.25) is 5.02 Å². The highest BCUT2D eigenvalue weighted by atomic mass is 35.5. The number of anilines is 2. The van der Waals surface area contributed by atoms with Gasteiger partial charge in [-0.1, -0.05) is 25.4 Å². The molecule has 25 heavy (non-hydrogen) atoms. The van der Waals surface area contributed by atoms with Gasteiger partial charge in [0.05, 0.1) is 11.3 Å². The van der Waals surface area contributed by atoms with Crippen molar-refractivity contribution in [3.63, 3.8) is 0 Å². The van der Waals surface area contributed by atoms with Gasteiger partial charge in [-0.25, -0.2) is 4.98 Å². The van der Waals surface area contributed by atoms with Crippen molar-refractivity contribution in [2.45, 2.75) is 26.3 Å². The Morgan fingerprint density at radius 1 is 1.36 bits per heavy atom. The van der Waals surface area contributed by atoms with Crippen LogP contribution >= 0.6 is 22.9 Å². The Kier molecular flexibility index (Phi) is 4.87. The highest BCUT2D eigenvalue weighted by molar-refractivity contribution is 7.13. The number of rotatable bonds is 5. The first-order valence-electron chi connectivity index (χ1n) is 7.76. The van der Waals surface area contributed by atoms with E-state index in [2.05, 4.69) is 10.3 Å². The highest BCUT2D eigenvalue weighted by Gasteiger charge is 2.42. The van der Waals surface area contributed by atoms with Gasteiger partial charge in [-0.15, -0.1) is 11.3 Å². The zero-order chi connectivity index (χ0) is 18.1. The lowest BCUT2D eigenvalue weighted by Gasteiger charge is -2.28. The second-order valence-electron chi connectivity index (χ2n) is 6.14. The summed E-state index contributed by atoms with van der Waals surface area (Å²) in [5, 5.41) is 5.30. The fourth-order valence-corrected chi connectivity index (χ4v) is 3.49. The van der Waals surface area contributed by atoms with Gasteiger partial charge in [-0.3, -0.25) is 19.3 Å². The molecule has 1 unspecified atom stereocenters. The minimum Gasteiger partial charge on any atom is -0.300 e. The number of hydrogen-bond donors (Lipinski definition) is 1. The molecule has 1 aromatic heterocycles. The predicted octanol–water partition coefficient (Wildman–Crippen LogP) is 3.38. The summed E-state index contributed by atoms with van der Waals surface area (Å²) in [6.07, 6.45) is 1.99. The Labute approximate surface area is 153 Å². The highest BCUT2D eigenvalue weighted by Crippen LogP contribution is 2.34. The third-order valence-electron chi connectivity index (χ3n) is 3.85. The molecule has 0 spiro atoms. The summed E-state index contributed by atoms with van der Waals surface area (Å²) >= 11 is 7.32. The van der Waals surface area contributed by atoms with E-state index in [0.717, 1.165) is 0 Å². The van der Waals surface area contributed by atoms with Crippen molar-refractivity contribution in [2.75, 3.05) is 10.2 Å². The van der Waals surface area contributed by atoms with Gasteiger partial charge in [0.1, 0.15) is 6.04 Å². The molecule has 0 radical (unpaired) electrons. The molecule has 1 aliphatic rings. The molecule has 0 aliphatic carbocycles. The molecule has 0 saturated carbocycles. The molecule has 6 nitrogen and oxygen atoms in total. The van der Waals surface area contributed by atoms with Crippen LogP contribution in [0.3, 0.4) is 0 Å². The maximum Gasteiger partial charge on any atom is 0.300 e. The molecule has 0 saturated heterocycles. The average Bonchev–Trinajstić information content (AvgIpc) is 3.13. The molecule has 1 N–H and O–H groups in total. The van der Waals surface area contributed by atoms with E-state index in [4.69, 9.17) is 11.6 Å². The number of aromatic nitrogens is 1. The molecule has 0 bridgehead atoms. The maximum absolute atomic E-state index is 12.8. The molecule has 8 heteroatoms.